The average molecular weight is 762 g/mol. The number of pyridine rings is 1. The summed E-state index contributed by atoms with van der Waals surface area (Å²) in [6.07, 6.45) is 3.80. The molecular formula is C42H47N7O7. The summed E-state index contributed by atoms with van der Waals surface area (Å²) < 4.78 is 35.0. The van der Waals surface area contributed by atoms with Gasteiger partial charge in [-0.1, -0.05) is 57.2 Å². The summed E-state index contributed by atoms with van der Waals surface area (Å²) in [6, 6.07) is 25.8. The van der Waals surface area contributed by atoms with Gasteiger partial charge in [-0.05, 0) is 35.9 Å². The second kappa shape index (κ2) is 19.0. The second-order valence-electron chi connectivity index (χ2n) is 13.7. The fourth-order valence-corrected chi connectivity index (χ4v) is 5.64. The quantitative estimate of drug-likeness (QED) is 0.0833. The maximum Gasteiger partial charge on any atom is 0.324 e. The van der Waals surface area contributed by atoms with Crippen LogP contribution in [-0.2, 0) is 26.0 Å². The number of carbonyl (C=O) groups excluding carboxylic acids is 1. The first-order valence-electron chi connectivity index (χ1n) is 18.3. The standard InChI is InChI=1S/C42H47N7O7/c1-42(2,3)36-27-38(49(48-36)30-13-16-39(52-5)44-28-30)47-41(50)45-34-14-15-35(33-12-7-6-11-32(33)34)56-40-17-18-43-37(46-40)26-29-9-8-10-31(25-29)55-24-23-54-22-21-53-20-19-51-4/h6-18,25,27-28H,19-24,26H2,1-5H3,(H2,45,47,50). The summed E-state index contributed by atoms with van der Waals surface area (Å²) in [7, 11) is 3.20. The van der Waals surface area contributed by atoms with Crippen molar-refractivity contribution in [2.75, 3.05) is 64.5 Å². The lowest BCUT2D eigenvalue weighted by Crippen LogP contribution is -2.21. The van der Waals surface area contributed by atoms with E-state index < -0.39 is 6.03 Å². The summed E-state index contributed by atoms with van der Waals surface area (Å²) in [6.45, 7) is 9.17. The van der Waals surface area contributed by atoms with Crippen molar-refractivity contribution in [1.82, 2.24) is 24.7 Å². The molecule has 3 aromatic heterocycles. The first kappa shape index (κ1) is 39.6. The van der Waals surface area contributed by atoms with Crippen LogP contribution >= 0.6 is 0 Å². The van der Waals surface area contributed by atoms with Crippen LogP contribution in [0, 0.1) is 0 Å². The molecule has 2 N–H and O–H groups in total. The van der Waals surface area contributed by atoms with Gasteiger partial charge in [0.1, 0.15) is 29.7 Å². The van der Waals surface area contributed by atoms with Crippen LogP contribution in [-0.4, -0.2) is 84.6 Å². The molecule has 3 heterocycles. The monoisotopic (exact) mass is 761 g/mol. The molecule has 3 aromatic carbocycles. The summed E-state index contributed by atoms with van der Waals surface area (Å²) in [5, 5.41) is 12.3. The zero-order valence-corrected chi connectivity index (χ0v) is 32.3. The summed E-state index contributed by atoms with van der Waals surface area (Å²) in [5.41, 5.74) is 2.81. The van der Waals surface area contributed by atoms with Crippen LogP contribution in [0.25, 0.3) is 16.5 Å². The highest BCUT2D eigenvalue weighted by Gasteiger charge is 2.22. The minimum absolute atomic E-state index is 0.258. The number of urea groups is 1. The molecule has 0 fully saturated rings. The highest BCUT2D eigenvalue weighted by molar-refractivity contribution is 6.07. The number of ether oxygens (including phenoxy) is 6. The largest absolute Gasteiger partial charge is 0.491 e. The van der Waals surface area contributed by atoms with Gasteiger partial charge in [0.25, 0.3) is 0 Å². The predicted octanol–water partition coefficient (Wildman–Crippen LogP) is 7.60. The molecule has 6 aromatic rings. The van der Waals surface area contributed by atoms with Gasteiger partial charge in [-0.25, -0.2) is 19.4 Å². The van der Waals surface area contributed by atoms with Gasteiger partial charge in [0.15, 0.2) is 0 Å². The molecule has 0 bridgehead atoms. The molecule has 0 unspecified atom stereocenters. The second-order valence-corrected chi connectivity index (χ2v) is 13.7. The summed E-state index contributed by atoms with van der Waals surface area (Å²) in [5.74, 6) is 3.27. The average Bonchev–Trinajstić information content (AvgIpc) is 3.63. The van der Waals surface area contributed by atoms with E-state index in [-0.39, 0.29) is 5.41 Å². The van der Waals surface area contributed by atoms with E-state index in [0.29, 0.717) is 86.6 Å². The minimum atomic E-state index is -0.435. The van der Waals surface area contributed by atoms with Gasteiger partial charge in [-0.2, -0.15) is 10.1 Å². The number of nitrogens with one attached hydrogen (secondary N) is 2. The van der Waals surface area contributed by atoms with E-state index in [9.17, 15) is 4.79 Å². The number of fused-ring (bicyclic) bond motifs is 1. The van der Waals surface area contributed by atoms with Crippen LogP contribution in [0.4, 0.5) is 16.3 Å². The van der Waals surface area contributed by atoms with Gasteiger partial charge in [0, 0.05) is 54.1 Å². The Balaban J connectivity index is 1.10. The maximum absolute atomic E-state index is 13.5. The van der Waals surface area contributed by atoms with Crippen molar-refractivity contribution in [3.63, 3.8) is 0 Å². The molecule has 0 aliphatic carbocycles. The Morgan fingerprint density at radius 3 is 2.30 bits per heavy atom. The fraction of sp³-hybridized carbons (Fsp3) is 0.310. The number of anilines is 2. The van der Waals surface area contributed by atoms with E-state index in [1.165, 1.54) is 0 Å². The van der Waals surface area contributed by atoms with Gasteiger partial charge in [-0.15, -0.1) is 0 Å². The topological polar surface area (TPSA) is 153 Å². The number of methoxy groups -OCH3 is 2. The Kier molecular flexibility index (Phi) is 13.4. The lowest BCUT2D eigenvalue weighted by atomic mass is 9.92. The summed E-state index contributed by atoms with van der Waals surface area (Å²) >= 11 is 0. The van der Waals surface area contributed by atoms with Crippen molar-refractivity contribution < 1.29 is 33.2 Å². The van der Waals surface area contributed by atoms with E-state index in [0.717, 1.165) is 27.8 Å². The molecule has 14 nitrogen and oxygen atoms in total. The van der Waals surface area contributed by atoms with E-state index in [1.807, 2.05) is 66.7 Å². The lowest BCUT2D eigenvalue weighted by Gasteiger charge is -2.14. The van der Waals surface area contributed by atoms with Crippen molar-refractivity contribution in [2.24, 2.45) is 0 Å². The van der Waals surface area contributed by atoms with Crippen molar-refractivity contribution in [3.05, 3.63) is 114 Å². The van der Waals surface area contributed by atoms with Crippen LogP contribution < -0.4 is 24.8 Å². The van der Waals surface area contributed by atoms with Gasteiger partial charge in [-0.3, -0.25) is 5.32 Å². The molecule has 2 amide bonds. The number of nitrogens with zero attached hydrogens (tertiary/aromatic N) is 5. The normalized spacial score (nSPS) is 11.4. The van der Waals surface area contributed by atoms with Crippen molar-refractivity contribution >= 4 is 28.3 Å². The molecule has 0 saturated carbocycles. The van der Waals surface area contributed by atoms with Crippen LogP contribution in [0.3, 0.4) is 0 Å². The SMILES string of the molecule is COCCOCCOCCOc1cccc(Cc2nccc(Oc3ccc(NC(=O)Nc4cc(C(C)(C)C)nn4-c4ccc(OC)nc4)c4ccccc34)n2)c1. The molecule has 0 aliphatic rings. The maximum atomic E-state index is 13.5. The van der Waals surface area contributed by atoms with Crippen LogP contribution in [0.5, 0.6) is 23.3 Å². The van der Waals surface area contributed by atoms with E-state index in [4.69, 9.17) is 33.5 Å². The van der Waals surface area contributed by atoms with Gasteiger partial charge >= 0.3 is 6.03 Å². The molecule has 6 rings (SSSR count). The molecule has 0 atom stereocenters. The Morgan fingerprint density at radius 2 is 1.55 bits per heavy atom. The highest BCUT2D eigenvalue weighted by Crippen LogP contribution is 2.34. The fourth-order valence-electron chi connectivity index (χ4n) is 5.64. The third-order valence-electron chi connectivity index (χ3n) is 8.48. The van der Waals surface area contributed by atoms with Crippen LogP contribution in [0.15, 0.2) is 97.3 Å². The molecule has 0 radical (unpaired) electrons. The third kappa shape index (κ3) is 10.8. The lowest BCUT2D eigenvalue weighted by molar-refractivity contribution is 0.0179. The first-order chi connectivity index (χ1) is 27.2. The number of hydrogen-bond acceptors (Lipinski definition) is 11. The first-order valence-corrected chi connectivity index (χ1v) is 18.3. The molecular weight excluding hydrogens is 715 g/mol. The molecule has 292 valence electrons. The third-order valence-corrected chi connectivity index (χ3v) is 8.48. The Bertz CT molecular complexity index is 2200. The van der Waals surface area contributed by atoms with E-state index in [2.05, 4.69) is 46.4 Å². The number of rotatable bonds is 18. The Morgan fingerprint density at radius 1 is 0.768 bits per heavy atom. The zero-order chi connectivity index (χ0) is 39.3. The van der Waals surface area contributed by atoms with Crippen molar-refractivity contribution in [1.29, 1.82) is 0 Å². The van der Waals surface area contributed by atoms with Gasteiger partial charge in [0.05, 0.1) is 63.4 Å². The number of aromatic nitrogens is 5. The predicted molar refractivity (Wildman–Crippen MR) is 214 cm³/mol. The highest BCUT2D eigenvalue weighted by atomic mass is 16.6. The molecule has 0 aliphatic heterocycles. The molecule has 0 spiro atoms. The number of carbonyl (C=O) groups is 1. The van der Waals surface area contributed by atoms with Crippen molar-refractivity contribution in [2.45, 2.75) is 32.6 Å². The van der Waals surface area contributed by atoms with E-state index >= 15 is 0 Å². The Hall–Kier alpha value is -6.09. The van der Waals surface area contributed by atoms with Gasteiger partial charge < -0.3 is 33.7 Å². The number of benzene rings is 3. The summed E-state index contributed by atoms with van der Waals surface area (Å²) in [4.78, 5) is 27.0. The molecule has 14 heteroatoms. The number of hydrogen-bond donors (Lipinski definition) is 2. The van der Waals surface area contributed by atoms with Crippen LogP contribution in [0.1, 0.15) is 37.9 Å². The van der Waals surface area contributed by atoms with Gasteiger partial charge in [0.2, 0.25) is 11.8 Å². The molecule has 56 heavy (non-hydrogen) atoms. The zero-order valence-electron chi connectivity index (χ0n) is 32.3. The number of amides is 2. The smallest absolute Gasteiger partial charge is 0.324 e. The van der Waals surface area contributed by atoms with E-state index in [1.54, 1.807) is 49.5 Å². The molecule has 0 saturated heterocycles. The van der Waals surface area contributed by atoms with Crippen LogP contribution in [0.2, 0.25) is 0 Å². The van der Waals surface area contributed by atoms with Crippen molar-refractivity contribution in [3.8, 4) is 28.9 Å². The Labute approximate surface area is 326 Å². The minimum Gasteiger partial charge on any atom is -0.491 e.